The Morgan fingerprint density at radius 1 is 1.08 bits per heavy atom. The molecule has 1 unspecified atom stereocenters. The number of rotatable bonds is 5. The van der Waals surface area contributed by atoms with Gasteiger partial charge in [-0.15, -0.1) is 0 Å². The number of hydrogen-bond acceptors (Lipinski definition) is 3. The van der Waals surface area contributed by atoms with Gasteiger partial charge >= 0.3 is 0 Å². The minimum Gasteiger partial charge on any atom is -0.354 e. The van der Waals surface area contributed by atoms with Gasteiger partial charge in [-0.25, -0.2) is 0 Å². The van der Waals surface area contributed by atoms with Gasteiger partial charge < -0.3 is 4.98 Å². The molecule has 4 aromatic rings. The van der Waals surface area contributed by atoms with Crippen LogP contribution in [0, 0.1) is 10.1 Å². The molecule has 6 nitrogen and oxygen atoms in total. The number of nitrogens with zero attached hydrogens (tertiary/aromatic N) is 2. The van der Waals surface area contributed by atoms with E-state index >= 15 is 0 Å². The lowest BCUT2D eigenvalue weighted by Crippen LogP contribution is -2.14. The molecule has 124 valence electrons. The second-order valence-electron chi connectivity index (χ2n) is 5.92. The highest BCUT2D eigenvalue weighted by Gasteiger charge is 2.27. The molecular weight excluding hydrogens is 316 g/mol. The molecule has 0 aliphatic rings. The molecule has 0 radical (unpaired) electrons. The number of nitrogens with one attached hydrogen (secondary N) is 2. The van der Waals surface area contributed by atoms with Gasteiger partial charge in [-0.2, -0.15) is 5.10 Å². The van der Waals surface area contributed by atoms with Crippen LogP contribution in [0.2, 0.25) is 0 Å². The Morgan fingerprint density at radius 2 is 1.84 bits per heavy atom. The summed E-state index contributed by atoms with van der Waals surface area (Å²) in [5.41, 5.74) is 4.56. The van der Waals surface area contributed by atoms with Crippen molar-refractivity contribution in [3.05, 3.63) is 88.2 Å². The van der Waals surface area contributed by atoms with Gasteiger partial charge in [-0.1, -0.05) is 48.5 Å². The maximum absolute atomic E-state index is 11.4. The van der Waals surface area contributed by atoms with E-state index in [4.69, 9.17) is 0 Å². The molecule has 0 aliphatic carbocycles. The van der Waals surface area contributed by atoms with E-state index in [1.807, 2.05) is 54.6 Å². The van der Waals surface area contributed by atoms with E-state index in [0.29, 0.717) is 0 Å². The van der Waals surface area contributed by atoms with Crippen molar-refractivity contribution in [1.82, 2.24) is 15.2 Å². The van der Waals surface area contributed by atoms with Gasteiger partial charge in [-0.05, 0) is 17.2 Å². The zero-order valence-electron chi connectivity index (χ0n) is 13.3. The third kappa shape index (κ3) is 2.78. The maximum atomic E-state index is 11.4. The molecule has 0 fully saturated rings. The first-order chi connectivity index (χ1) is 12.2. The molecule has 1 atom stereocenters. The Bertz CT molecular complexity index is 1010. The highest BCUT2D eigenvalue weighted by molar-refractivity contribution is 5.91. The van der Waals surface area contributed by atoms with E-state index in [2.05, 4.69) is 15.2 Å². The summed E-state index contributed by atoms with van der Waals surface area (Å²) < 4.78 is 0. The minimum absolute atomic E-state index is 0.170. The molecule has 2 heterocycles. The van der Waals surface area contributed by atoms with Crippen molar-refractivity contribution in [3.63, 3.8) is 0 Å². The fourth-order valence-electron chi connectivity index (χ4n) is 3.34. The van der Waals surface area contributed by atoms with Gasteiger partial charge in [0.1, 0.15) is 0 Å². The van der Waals surface area contributed by atoms with Gasteiger partial charge in [0.25, 0.3) is 0 Å². The van der Waals surface area contributed by atoms with E-state index < -0.39 is 0 Å². The number of aromatic amines is 2. The third-order valence-corrected chi connectivity index (χ3v) is 4.42. The van der Waals surface area contributed by atoms with Crippen molar-refractivity contribution >= 4 is 10.9 Å². The van der Waals surface area contributed by atoms with Gasteiger partial charge in [0, 0.05) is 27.6 Å². The van der Waals surface area contributed by atoms with E-state index in [1.54, 1.807) is 12.4 Å². The van der Waals surface area contributed by atoms with Gasteiger partial charge in [0.05, 0.1) is 17.8 Å². The van der Waals surface area contributed by atoms with Crippen LogP contribution in [0.3, 0.4) is 0 Å². The molecule has 0 bridgehead atoms. The number of aromatic nitrogens is 3. The standard InChI is InChI=1S/C19H16N4O2/c24-23(25)12-16(13-6-2-1-3-7-13)18-15-8-4-5-9-17(15)22-19(18)14-10-20-21-11-14/h1-11,16,22H,12H2,(H,20,21). The molecule has 0 spiro atoms. The predicted molar refractivity (Wildman–Crippen MR) is 96.0 cm³/mol. The third-order valence-electron chi connectivity index (χ3n) is 4.42. The van der Waals surface area contributed by atoms with Crippen molar-refractivity contribution in [1.29, 1.82) is 0 Å². The summed E-state index contributed by atoms with van der Waals surface area (Å²) in [5.74, 6) is -0.350. The number of hydrogen-bond donors (Lipinski definition) is 2. The van der Waals surface area contributed by atoms with E-state index in [-0.39, 0.29) is 17.4 Å². The quantitative estimate of drug-likeness (QED) is 0.428. The van der Waals surface area contributed by atoms with Crippen LogP contribution in [-0.2, 0) is 0 Å². The molecule has 4 rings (SSSR count). The molecule has 0 saturated heterocycles. The highest BCUT2D eigenvalue weighted by atomic mass is 16.6. The first-order valence-corrected chi connectivity index (χ1v) is 8.00. The molecule has 2 aromatic heterocycles. The van der Waals surface area contributed by atoms with Crippen molar-refractivity contribution in [2.75, 3.05) is 6.54 Å². The first-order valence-electron chi connectivity index (χ1n) is 8.00. The smallest absolute Gasteiger partial charge is 0.214 e. The molecule has 0 amide bonds. The molecule has 25 heavy (non-hydrogen) atoms. The van der Waals surface area contributed by atoms with Crippen molar-refractivity contribution in [2.24, 2.45) is 0 Å². The summed E-state index contributed by atoms with van der Waals surface area (Å²) in [4.78, 5) is 14.5. The maximum Gasteiger partial charge on any atom is 0.214 e. The van der Waals surface area contributed by atoms with Crippen molar-refractivity contribution < 1.29 is 4.92 Å². The SMILES string of the molecule is O=[N+]([O-])CC(c1ccccc1)c1c(-c2cn[nH]c2)[nH]c2ccccc12. The zero-order valence-corrected chi connectivity index (χ0v) is 13.3. The topological polar surface area (TPSA) is 87.6 Å². The van der Waals surface area contributed by atoms with Crippen LogP contribution in [-0.4, -0.2) is 26.6 Å². The zero-order chi connectivity index (χ0) is 17.2. The Balaban J connectivity index is 1.99. The number of benzene rings is 2. The van der Waals surface area contributed by atoms with E-state index in [1.165, 1.54) is 0 Å². The van der Waals surface area contributed by atoms with E-state index in [9.17, 15) is 10.1 Å². The molecule has 0 saturated carbocycles. The van der Waals surface area contributed by atoms with Crippen LogP contribution in [0.4, 0.5) is 0 Å². The number of nitro groups is 1. The normalized spacial score (nSPS) is 12.3. The fourth-order valence-corrected chi connectivity index (χ4v) is 3.34. The van der Waals surface area contributed by atoms with Gasteiger partial charge in [0.2, 0.25) is 6.54 Å². The first kappa shape index (κ1) is 15.1. The predicted octanol–water partition coefficient (Wildman–Crippen LogP) is 3.97. The highest BCUT2D eigenvalue weighted by Crippen LogP contribution is 2.38. The van der Waals surface area contributed by atoms with Crippen LogP contribution in [0.25, 0.3) is 22.2 Å². The van der Waals surface area contributed by atoms with Crippen molar-refractivity contribution in [2.45, 2.75) is 5.92 Å². The monoisotopic (exact) mass is 332 g/mol. The Morgan fingerprint density at radius 3 is 2.56 bits per heavy atom. The largest absolute Gasteiger partial charge is 0.354 e. The summed E-state index contributed by atoms with van der Waals surface area (Å²) >= 11 is 0. The van der Waals surface area contributed by atoms with Crippen LogP contribution in [0.1, 0.15) is 17.0 Å². The summed E-state index contributed by atoms with van der Waals surface area (Å²) in [6, 6.07) is 17.5. The molecule has 6 heteroatoms. The Kier molecular flexibility index (Phi) is 3.78. The average Bonchev–Trinajstić information content (AvgIpc) is 3.28. The van der Waals surface area contributed by atoms with Gasteiger partial charge in [0.15, 0.2) is 0 Å². The summed E-state index contributed by atoms with van der Waals surface area (Å²) in [7, 11) is 0. The van der Waals surface area contributed by atoms with Crippen LogP contribution in [0.5, 0.6) is 0 Å². The number of fused-ring (bicyclic) bond motifs is 1. The molecule has 2 N–H and O–H groups in total. The summed E-state index contributed by atoms with van der Waals surface area (Å²) in [5, 5.41) is 19.2. The lowest BCUT2D eigenvalue weighted by atomic mass is 9.88. The molecular formula is C19H16N4O2. The van der Waals surface area contributed by atoms with Gasteiger partial charge in [-0.3, -0.25) is 15.2 Å². The molecule has 2 aromatic carbocycles. The van der Waals surface area contributed by atoms with E-state index in [0.717, 1.165) is 33.3 Å². The Labute approximate surface area is 143 Å². The van der Waals surface area contributed by atoms with Crippen LogP contribution in [0.15, 0.2) is 67.0 Å². The average molecular weight is 332 g/mol. The van der Waals surface area contributed by atoms with Crippen molar-refractivity contribution in [3.8, 4) is 11.3 Å². The summed E-state index contributed by atoms with van der Waals surface area (Å²) in [6.07, 6.45) is 3.52. The second kappa shape index (κ2) is 6.24. The second-order valence-corrected chi connectivity index (χ2v) is 5.92. The number of para-hydroxylation sites is 1. The summed E-state index contributed by atoms with van der Waals surface area (Å²) in [6.45, 7) is -0.170. The lowest BCUT2D eigenvalue weighted by molar-refractivity contribution is -0.481. The molecule has 0 aliphatic heterocycles. The lowest BCUT2D eigenvalue weighted by Gasteiger charge is -2.15. The number of H-pyrrole nitrogens is 2. The Hall–Kier alpha value is -3.41. The van der Waals surface area contributed by atoms with Crippen LogP contribution >= 0.6 is 0 Å². The minimum atomic E-state index is -0.350. The fraction of sp³-hybridized carbons (Fsp3) is 0.105. The van der Waals surface area contributed by atoms with Crippen LogP contribution < -0.4 is 0 Å².